The van der Waals surface area contributed by atoms with Gasteiger partial charge in [-0.05, 0) is 17.7 Å². The van der Waals surface area contributed by atoms with Crippen LogP contribution in [-0.2, 0) is 9.53 Å². The largest absolute Gasteiger partial charge is 0.573 e. The number of carbonyl (C=O) groups is 1. The molecule has 0 saturated carbocycles. The number of carboxylic acid groups (broad SMARTS) is 1. The van der Waals surface area contributed by atoms with Crippen molar-refractivity contribution in [3.05, 3.63) is 41.0 Å². The Morgan fingerprint density at radius 3 is 2.74 bits per heavy atom. The van der Waals surface area contributed by atoms with Gasteiger partial charge >= 0.3 is 12.3 Å². The maximum atomic E-state index is 12.3. The highest BCUT2D eigenvalue weighted by Gasteiger charge is 2.45. The smallest absolute Gasteiger partial charge is 0.478 e. The van der Waals surface area contributed by atoms with Crippen LogP contribution in [0.2, 0.25) is 0 Å². The van der Waals surface area contributed by atoms with Crippen molar-refractivity contribution in [2.24, 2.45) is 0 Å². The first-order valence-corrected chi connectivity index (χ1v) is 5.36. The standard InChI is InChI=1S/C12H7F3O4/c13-12(14,15)19-7-3-1-2-5-9(7)8-4-6(11(16)17)10(5)18-8/h1-4,8,10H,(H,16,17). The second kappa shape index (κ2) is 3.74. The molecule has 1 N–H and O–H groups in total. The van der Waals surface area contributed by atoms with Gasteiger partial charge in [-0.15, -0.1) is 13.2 Å². The van der Waals surface area contributed by atoms with Crippen LogP contribution < -0.4 is 4.74 Å². The Morgan fingerprint density at radius 1 is 1.37 bits per heavy atom. The summed E-state index contributed by atoms with van der Waals surface area (Å²) in [5.41, 5.74) is 0.697. The molecule has 2 atom stereocenters. The number of ether oxygens (including phenoxy) is 2. The SMILES string of the molecule is O=C(O)C1=CC2OC1c1cccc(OC(F)(F)F)c12. The molecule has 3 rings (SSSR count). The molecule has 19 heavy (non-hydrogen) atoms. The van der Waals surface area contributed by atoms with E-state index in [-0.39, 0.29) is 16.9 Å². The Balaban J connectivity index is 2.03. The molecule has 0 amide bonds. The fourth-order valence-corrected chi connectivity index (χ4v) is 2.39. The Hall–Kier alpha value is -2.02. The Kier molecular flexibility index (Phi) is 2.37. The van der Waals surface area contributed by atoms with Crippen molar-refractivity contribution < 1.29 is 32.5 Å². The van der Waals surface area contributed by atoms with E-state index >= 15 is 0 Å². The maximum Gasteiger partial charge on any atom is 0.573 e. The molecule has 2 heterocycles. The molecule has 0 spiro atoms. The van der Waals surface area contributed by atoms with Crippen molar-refractivity contribution in [1.82, 2.24) is 0 Å². The number of carboxylic acids is 1. The third-order valence-electron chi connectivity index (χ3n) is 3.04. The third kappa shape index (κ3) is 1.86. The van der Waals surface area contributed by atoms with Gasteiger partial charge in [-0.25, -0.2) is 4.79 Å². The molecule has 100 valence electrons. The van der Waals surface area contributed by atoms with Crippen LogP contribution in [0.25, 0.3) is 0 Å². The fourth-order valence-electron chi connectivity index (χ4n) is 2.39. The molecule has 2 bridgehead atoms. The van der Waals surface area contributed by atoms with Crippen LogP contribution in [0.1, 0.15) is 23.3 Å². The molecule has 2 aliphatic rings. The number of benzene rings is 1. The van der Waals surface area contributed by atoms with E-state index in [9.17, 15) is 18.0 Å². The van der Waals surface area contributed by atoms with Crippen LogP contribution >= 0.6 is 0 Å². The zero-order chi connectivity index (χ0) is 13.8. The zero-order valence-electron chi connectivity index (χ0n) is 9.27. The molecule has 1 aromatic carbocycles. The van der Waals surface area contributed by atoms with Crippen LogP contribution in [0.5, 0.6) is 5.75 Å². The van der Waals surface area contributed by atoms with Crippen LogP contribution in [0, 0.1) is 0 Å². The lowest BCUT2D eigenvalue weighted by Gasteiger charge is -2.16. The van der Waals surface area contributed by atoms with Gasteiger partial charge < -0.3 is 14.6 Å². The summed E-state index contributed by atoms with van der Waals surface area (Å²) in [5.74, 6) is -1.49. The first kappa shape index (κ1) is 12.0. The van der Waals surface area contributed by atoms with Gasteiger partial charge in [0.15, 0.2) is 0 Å². The fraction of sp³-hybridized carbons (Fsp3) is 0.250. The summed E-state index contributed by atoms with van der Waals surface area (Å²) in [5, 5.41) is 8.96. The van der Waals surface area contributed by atoms with Crippen molar-refractivity contribution >= 4 is 5.97 Å². The van der Waals surface area contributed by atoms with E-state index in [1.165, 1.54) is 18.2 Å². The Labute approximate surface area is 105 Å². The summed E-state index contributed by atoms with van der Waals surface area (Å²) in [6.07, 6.45) is -5.12. The van der Waals surface area contributed by atoms with Crippen LogP contribution in [-0.4, -0.2) is 17.4 Å². The first-order valence-electron chi connectivity index (χ1n) is 5.36. The second-order valence-corrected chi connectivity index (χ2v) is 4.17. The van der Waals surface area contributed by atoms with Crippen LogP contribution in [0.15, 0.2) is 29.8 Å². The first-order chi connectivity index (χ1) is 8.87. The predicted octanol–water partition coefficient (Wildman–Crippen LogP) is 2.72. The van der Waals surface area contributed by atoms with E-state index in [1.807, 2.05) is 0 Å². The van der Waals surface area contributed by atoms with Gasteiger partial charge in [-0.1, -0.05) is 12.1 Å². The van der Waals surface area contributed by atoms with Crippen molar-refractivity contribution in [2.75, 3.05) is 0 Å². The van der Waals surface area contributed by atoms with Gasteiger partial charge in [0.25, 0.3) is 0 Å². The van der Waals surface area contributed by atoms with E-state index in [0.29, 0.717) is 5.56 Å². The quantitative estimate of drug-likeness (QED) is 0.899. The summed E-state index contributed by atoms with van der Waals surface area (Å²) < 4.78 is 46.1. The lowest BCUT2D eigenvalue weighted by atomic mass is 9.91. The molecule has 2 unspecified atom stereocenters. The number of hydrogen-bond donors (Lipinski definition) is 1. The number of fused-ring (bicyclic) bond motifs is 5. The summed E-state index contributed by atoms with van der Waals surface area (Å²) in [6, 6.07) is 4.10. The maximum absolute atomic E-state index is 12.3. The molecular formula is C12H7F3O4. The van der Waals surface area contributed by atoms with Crippen LogP contribution in [0.3, 0.4) is 0 Å². The highest BCUT2D eigenvalue weighted by atomic mass is 19.4. The highest BCUT2D eigenvalue weighted by molar-refractivity contribution is 5.90. The van der Waals surface area contributed by atoms with Crippen molar-refractivity contribution in [3.8, 4) is 5.75 Å². The van der Waals surface area contributed by atoms with Crippen molar-refractivity contribution in [1.29, 1.82) is 0 Å². The van der Waals surface area contributed by atoms with E-state index in [0.717, 1.165) is 0 Å². The zero-order valence-corrected chi connectivity index (χ0v) is 9.27. The number of hydrogen-bond acceptors (Lipinski definition) is 3. The van der Waals surface area contributed by atoms with Gasteiger partial charge in [-0.2, -0.15) is 0 Å². The third-order valence-corrected chi connectivity index (χ3v) is 3.04. The number of rotatable bonds is 2. The topological polar surface area (TPSA) is 55.8 Å². The predicted molar refractivity (Wildman–Crippen MR) is 55.4 cm³/mol. The monoisotopic (exact) mass is 272 g/mol. The summed E-state index contributed by atoms with van der Waals surface area (Å²) in [4.78, 5) is 11.0. The summed E-state index contributed by atoms with van der Waals surface area (Å²) in [6.45, 7) is 0. The van der Waals surface area contributed by atoms with Crippen LogP contribution in [0.4, 0.5) is 13.2 Å². The molecule has 1 aromatic rings. The summed E-state index contributed by atoms with van der Waals surface area (Å²) in [7, 11) is 0. The van der Waals surface area contributed by atoms with Crippen molar-refractivity contribution in [3.63, 3.8) is 0 Å². The number of alkyl halides is 3. The molecule has 0 radical (unpaired) electrons. The van der Waals surface area contributed by atoms with Gasteiger partial charge in [0.05, 0.1) is 5.57 Å². The van der Waals surface area contributed by atoms with Crippen molar-refractivity contribution in [2.45, 2.75) is 18.6 Å². The lowest BCUT2D eigenvalue weighted by Crippen LogP contribution is -2.19. The number of aliphatic carboxylic acids is 1. The van der Waals surface area contributed by atoms with Gasteiger partial charge in [0.1, 0.15) is 18.0 Å². The van der Waals surface area contributed by atoms with E-state index < -0.39 is 24.5 Å². The molecule has 0 aliphatic carbocycles. The van der Waals surface area contributed by atoms with Gasteiger partial charge in [0, 0.05) is 5.56 Å². The van der Waals surface area contributed by atoms with Gasteiger partial charge in [-0.3, -0.25) is 0 Å². The molecule has 2 aliphatic heterocycles. The molecule has 0 saturated heterocycles. The molecule has 0 fully saturated rings. The normalized spacial score (nSPS) is 24.1. The molecule has 0 aromatic heterocycles. The minimum absolute atomic E-state index is 0.0432. The summed E-state index contributed by atoms with van der Waals surface area (Å²) >= 11 is 0. The second-order valence-electron chi connectivity index (χ2n) is 4.17. The Bertz CT molecular complexity index is 591. The molecule has 7 heteroatoms. The van der Waals surface area contributed by atoms with E-state index in [1.54, 1.807) is 6.07 Å². The van der Waals surface area contributed by atoms with E-state index in [2.05, 4.69) is 4.74 Å². The number of halogens is 3. The van der Waals surface area contributed by atoms with E-state index in [4.69, 9.17) is 9.84 Å². The minimum atomic E-state index is -4.80. The average molecular weight is 272 g/mol. The lowest BCUT2D eigenvalue weighted by molar-refractivity contribution is -0.275. The minimum Gasteiger partial charge on any atom is -0.478 e. The highest BCUT2D eigenvalue weighted by Crippen LogP contribution is 2.53. The molecule has 4 nitrogen and oxygen atoms in total. The Morgan fingerprint density at radius 2 is 2.11 bits per heavy atom. The molecular weight excluding hydrogens is 265 g/mol. The van der Waals surface area contributed by atoms with Gasteiger partial charge in [0.2, 0.25) is 0 Å². The average Bonchev–Trinajstić information content (AvgIpc) is 2.85.